The molecule has 0 fully saturated rings. The molecular weight excluding hydrogens is 290 g/mol. The Hall–Kier alpha value is -2.22. The van der Waals surface area contributed by atoms with Gasteiger partial charge in [0, 0.05) is 24.2 Å². The number of hydrogen-bond acceptors (Lipinski definition) is 6. The Morgan fingerprint density at radius 3 is 2.10 bits per heavy atom. The molecule has 0 radical (unpaired) electrons. The van der Waals surface area contributed by atoms with E-state index in [1.807, 2.05) is 6.92 Å². The first-order valence-electron chi connectivity index (χ1n) is 5.79. The van der Waals surface area contributed by atoms with Gasteiger partial charge in [-0.05, 0) is 18.0 Å². The number of anilines is 1. The molecule has 1 aromatic rings. The number of carbonyl (C=O) groups is 1. The minimum Gasteiger partial charge on any atom is -0.374 e. The molecule has 108 valence electrons. The van der Waals surface area contributed by atoms with Gasteiger partial charge in [0.15, 0.2) is 5.69 Å². The summed E-state index contributed by atoms with van der Waals surface area (Å²) in [6.45, 7) is 2.27. The Bertz CT molecular complexity index is 526. The Morgan fingerprint density at radius 2 is 1.75 bits per heavy atom. The van der Waals surface area contributed by atoms with Crippen molar-refractivity contribution in [2.24, 2.45) is 0 Å². The molecule has 0 saturated heterocycles. The van der Waals surface area contributed by atoms with E-state index < -0.39 is 26.5 Å². The number of carbonyl (C=O) groups excluding carboxylic acids is 1. The van der Waals surface area contributed by atoms with Crippen LogP contribution in [0.1, 0.15) is 30.1 Å². The van der Waals surface area contributed by atoms with Crippen molar-refractivity contribution in [3.05, 3.63) is 37.9 Å². The predicted octanol–water partition coefficient (Wildman–Crippen LogP) is 3.09. The van der Waals surface area contributed by atoms with Crippen molar-refractivity contribution in [1.82, 2.24) is 0 Å². The van der Waals surface area contributed by atoms with Gasteiger partial charge in [0.2, 0.25) is 0 Å². The lowest BCUT2D eigenvalue weighted by Crippen LogP contribution is -2.08. The molecule has 0 aromatic heterocycles. The van der Waals surface area contributed by atoms with Gasteiger partial charge in [-0.3, -0.25) is 25.0 Å². The molecular formula is C11H12ClN3O5. The molecule has 9 heteroatoms. The molecule has 0 unspecified atom stereocenters. The maximum Gasteiger partial charge on any atom is 0.300 e. The van der Waals surface area contributed by atoms with E-state index in [9.17, 15) is 25.0 Å². The van der Waals surface area contributed by atoms with E-state index in [1.54, 1.807) is 0 Å². The second kappa shape index (κ2) is 6.80. The van der Waals surface area contributed by atoms with Gasteiger partial charge in [0.05, 0.1) is 9.85 Å². The third-order valence-corrected chi connectivity index (χ3v) is 2.77. The van der Waals surface area contributed by atoms with Crippen LogP contribution in [-0.2, 0) is 0 Å². The highest BCUT2D eigenvalue weighted by Crippen LogP contribution is 2.36. The van der Waals surface area contributed by atoms with E-state index >= 15 is 0 Å². The molecule has 0 spiro atoms. The fourth-order valence-electron chi connectivity index (χ4n) is 1.58. The standard InChI is InChI=1S/C11H12ClN3O5/c1-2-3-4-13-10-8(14(17)18)5-7(11(12)16)6-9(10)15(19)20/h5-6,13H,2-4H2,1H3. The van der Waals surface area contributed by atoms with Crippen LogP contribution in [-0.4, -0.2) is 21.6 Å². The van der Waals surface area contributed by atoms with Crippen molar-refractivity contribution in [2.45, 2.75) is 19.8 Å². The minimum absolute atomic E-state index is 0.213. The third kappa shape index (κ3) is 3.64. The fourth-order valence-corrected chi connectivity index (χ4v) is 1.69. The van der Waals surface area contributed by atoms with Crippen LogP contribution in [0.4, 0.5) is 17.1 Å². The highest BCUT2D eigenvalue weighted by atomic mass is 35.5. The largest absolute Gasteiger partial charge is 0.374 e. The van der Waals surface area contributed by atoms with E-state index in [0.29, 0.717) is 13.0 Å². The summed E-state index contributed by atoms with van der Waals surface area (Å²) in [5.74, 6) is 0. The summed E-state index contributed by atoms with van der Waals surface area (Å²) in [7, 11) is 0. The van der Waals surface area contributed by atoms with Crippen LogP contribution in [0, 0.1) is 20.2 Å². The number of rotatable bonds is 7. The number of unbranched alkanes of at least 4 members (excludes halogenated alkanes) is 1. The Labute approximate surface area is 119 Å². The predicted molar refractivity (Wildman–Crippen MR) is 73.3 cm³/mol. The van der Waals surface area contributed by atoms with E-state index in [2.05, 4.69) is 5.32 Å². The van der Waals surface area contributed by atoms with Crippen molar-refractivity contribution in [2.75, 3.05) is 11.9 Å². The topological polar surface area (TPSA) is 115 Å². The lowest BCUT2D eigenvalue weighted by Gasteiger charge is -2.08. The summed E-state index contributed by atoms with van der Waals surface area (Å²) in [6, 6.07) is 1.85. The molecule has 0 saturated carbocycles. The van der Waals surface area contributed by atoms with E-state index in [-0.39, 0.29) is 11.3 Å². The van der Waals surface area contributed by atoms with Crippen LogP contribution >= 0.6 is 11.6 Å². The summed E-state index contributed by atoms with van der Waals surface area (Å²) >= 11 is 5.23. The molecule has 1 aromatic carbocycles. The van der Waals surface area contributed by atoms with Crippen LogP contribution in [0.15, 0.2) is 12.1 Å². The summed E-state index contributed by atoms with van der Waals surface area (Å²) in [5, 5.41) is 23.7. The molecule has 0 aliphatic heterocycles. The van der Waals surface area contributed by atoms with E-state index in [1.165, 1.54) is 0 Å². The number of benzene rings is 1. The van der Waals surface area contributed by atoms with Crippen LogP contribution in [0.2, 0.25) is 0 Å². The molecule has 20 heavy (non-hydrogen) atoms. The Balaban J connectivity index is 3.39. The van der Waals surface area contributed by atoms with Crippen LogP contribution in [0.3, 0.4) is 0 Å². The lowest BCUT2D eigenvalue weighted by molar-refractivity contribution is -0.392. The molecule has 0 aliphatic rings. The first-order valence-corrected chi connectivity index (χ1v) is 6.16. The molecule has 0 heterocycles. The summed E-state index contributed by atoms with van der Waals surface area (Å²) in [4.78, 5) is 31.5. The Morgan fingerprint density at radius 1 is 1.25 bits per heavy atom. The van der Waals surface area contributed by atoms with Gasteiger partial charge in [-0.1, -0.05) is 13.3 Å². The van der Waals surface area contributed by atoms with Crippen molar-refractivity contribution in [1.29, 1.82) is 0 Å². The van der Waals surface area contributed by atoms with Gasteiger partial charge in [-0.25, -0.2) is 0 Å². The van der Waals surface area contributed by atoms with Crippen molar-refractivity contribution >= 4 is 33.9 Å². The number of halogens is 1. The Kier molecular flexibility index (Phi) is 5.39. The number of nitro benzene ring substituents is 2. The second-order valence-corrected chi connectivity index (χ2v) is 4.30. The quantitative estimate of drug-likeness (QED) is 0.358. The van der Waals surface area contributed by atoms with Gasteiger partial charge >= 0.3 is 0 Å². The van der Waals surface area contributed by atoms with Gasteiger partial charge in [-0.2, -0.15) is 0 Å². The molecule has 1 N–H and O–H groups in total. The smallest absolute Gasteiger partial charge is 0.300 e. The van der Waals surface area contributed by atoms with E-state index in [0.717, 1.165) is 18.6 Å². The zero-order valence-corrected chi connectivity index (χ0v) is 11.3. The third-order valence-electron chi connectivity index (χ3n) is 2.55. The summed E-state index contributed by atoms with van der Waals surface area (Å²) < 4.78 is 0. The SMILES string of the molecule is CCCCNc1c([N+](=O)[O-])cc(C(=O)Cl)cc1[N+](=O)[O-]. The highest BCUT2D eigenvalue weighted by Gasteiger charge is 2.27. The van der Waals surface area contributed by atoms with Crippen LogP contribution in [0.25, 0.3) is 0 Å². The number of nitrogens with zero attached hydrogens (tertiary/aromatic N) is 2. The molecule has 0 aliphatic carbocycles. The molecule has 1 rings (SSSR count). The summed E-state index contributed by atoms with van der Waals surface area (Å²) in [5.41, 5.74) is -1.58. The molecule has 0 amide bonds. The van der Waals surface area contributed by atoms with Crippen molar-refractivity contribution < 1.29 is 14.6 Å². The number of nitrogens with one attached hydrogen (secondary N) is 1. The number of hydrogen-bond donors (Lipinski definition) is 1. The van der Waals surface area contributed by atoms with Crippen LogP contribution in [0.5, 0.6) is 0 Å². The number of nitro groups is 2. The zero-order chi connectivity index (χ0) is 15.3. The molecule has 8 nitrogen and oxygen atoms in total. The zero-order valence-electron chi connectivity index (χ0n) is 10.6. The first-order chi connectivity index (χ1) is 9.38. The van der Waals surface area contributed by atoms with E-state index in [4.69, 9.17) is 11.6 Å². The first kappa shape index (κ1) is 15.8. The van der Waals surface area contributed by atoms with Gasteiger partial charge in [-0.15, -0.1) is 0 Å². The fraction of sp³-hybridized carbons (Fsp3) is 0.364. The monoisotopic (exact) mass is 301 g/mol. The average molecular weight is 302 g/mol. The van der Waals surface area contributed by atoms with Crippen molar-refractivity contribution in [3.63, 3.8) is 0 Å². The van der Waals surface area contributed by atoms with Crippen molar-refractivity contribution in [3.8, 4) is 0 Å². The van der Waals surface area contributed by atoms with Gasteiger partial charge in [0.25, 0.3) is 16.6 Å². The maximum atomic E-state index is 11.1. The highest BCUT2D eigenvalue weighted by molar-refractivity contribution is 6.67. The molecule has 0 atom stereocenters. The van der Waals surface area contributed by atoms with Crippen LogP contribution < -0.4 is 5.32 Å². The van der Waals surface area contributed by atoms with Gasteiger partial charge in [0.1, 0.15) is 0 Å². The average Bonchev–Trinajstić information content (AvgIpc) is 2.37. The second-order valence-electron chi connectivity index (χ2n) is 3.96. The normalized spacial score (nSPS) is 10.1. The summed E-state index contributed by atoms with van der Waals surface area (Å²) in [6.07, 6.45) is 1.53. The van der Waals surface area contributed by atoms with Gasteiger partial charge < -0.3 is 5.32 Å². The minimum atomic E-state index is -0.990. The lowest BCUT2D eigenvalue weighted by atomic mass is 10.1. The molecule has 0 bridgehead atoms. The maximum absolute atomic E-state index is 11.1.